The fourth-order valence-corrected chi connectivity index (χ4v) is 5.46. The van der Waals surface area contributed by atoms with Crippen LogP contribution in [0.25, 0.3) is 0 Å². The molecule has 1 saturated heterocycles. The van der Waals surface area contributed by atoms with Crippen LogP contribution in [0.2, 0.25) is 0 Å². The van der Waals surface area contributed by atoms with E-state index in [-0.39, 0.29) is 53.3 Å². The Kier molecular flexibility index (Phi) is 7.93. The predicted octanol–water partition coefficient (Wildman–Crippen LogP) is 2.96. The Balaban J connectivity index is 0.00000289. The molecular formula is C21H25IN4O5S. The summed E-state index contributed by atoms with van der Waals surface area (Å²) in [5.74, 6) is 1.59. The van der Waals surface area contributed by atoms with Gasteiger partial charge in [0.15, 0.2) is 15.8 Å². The number of nitrogens with zero attached hydrogens (tertiary/aromatic N) is 2. The minimum absolute atomic E-state index is 0. The second-order valence-corrected chi connectivity index (χ2v) is 9.93. The van der Waals surface area contributed by atoms with Crippen molar-refractivity contribution in [2.75, 3.05) is 18.1 Å². The molecule has 0 aliphatic carbocycles. The topological polar surface area (TPSA) is 123 Å². The lowest BCUT2D eigenvalue weighted by Crippen LogP contribution is -2.46. The molecule has 4 rings (SSSR count). The first-order valence-corrected chi connectivity index (χ1v) is 11.9. The number of para-hydroxylation sites is 1. The van der Waals surface area contributed by atoms with Crippen LogP contribution in [0, 0.1) is 10.1 Å². The van der Waals surface area contributed by atoms with Crippen molar-refractivity contribution >= 4 is 45.5 Å². The van der Waals surface area contributed by atoms with Crippen LogP contribution in [0.15, 0.2) is 53.5 Å². The molecule has 2 atom stereocenters. The fraction of sp³-hybridized carbons (Fsp3) is 0.381. The van der Waals surface area contributed by atoms with Gasteiger partial charge in [0.25, 0.3) is 5.69 Å². The van der Waals surface area contributed by atoms with Crippen molar-refractivity contribution in [2.45, 2.75) is 31.5 Å². The number of sulfone groups is 1. The number of nitrogens with one attached hydrogen (secondary N) is 2. The smallest absolute Gasteiger partial charge is 0.269 e. The normalized spacial score (nSPS) is 21.6. The molecule has 2 heterocycles. The third-order valence-electron chi connectivity index (χ3n) is 5.41. The van der Waals surface area contributed by atoms with Crippen molar-refractivity contribution in [3.05, 3.63) is 69.8 Å². The first-order chi connectivity index (χ1) is 14.9. The van der Waals surface area contributed by atoms with E-state index in [1.54, 1.807) is 12.1 Å². The minimum Gasteiger partial charge on any atom is -0.493 e. The van der Waals surface area contributed by atoms with Crippen LogP contribution < -0.4 is 15.4 Å². The number of non-ortho nitro benzene ring substituents is 1. The van der Waals surface area contributed by atoms with E-state index >= 15 is 0 Å². The maximum Gasteiger partial charge on any atom is 0.269 e. The summed E-state index contributed by atoms with van der Waals surface area (Å²) in [6.07, 6.45) is 1.28. The molecule has 2 N–H and O–H groups in total. The highest BCUT2D eigenvalue weighted by atomic mass is 127. The fourth-order valence-electron chi connectivity index (χ4n) is 3.79. The van der Waals surface area contributed by atoms with Crippen molar-refractivity contribution in [3.63, 3.8) is 0 Å². The molecule has 2 aromatic carbocycles. The SMILES string of the molecule is I.O=[N+]([O-])c1ccc(CN=C(NC2CCS(=O)(=O)C2)NC2CCOc3ccccc32)cc1. The van der Waals surface area contributed by atoms with Crippen LogP contribution >= 0.6 is 24.0 Å². The number of rotatable bonds is 5. The molecule has 0 bridgehead atoms. The van der Waals surface area contributed by atoms with Crippen molar-refractivity contribution in [3.8, 4) is 5.75 Å². The number of hydrogen-bond acceptors (Lipinski definition) is 6. The molecule has 0 aromatic heterocycles. The third-order valence-corrected chi connectivity index (χ3v) is 7.18. The van der Waals surface area contributed by atoms with Gasteiger partial charge in [0.05, 0.1) is 35.6 Å². The standard InChI is InChI=1S/C21H24N4O5S.HI/c26-25(27)17-7-5-15(6-8-17)13-22-21(23-16-10-12-31(28,29)14-16)24-19-9-11-30-20-4-2-1-3-18(19)20;/h1-8,16,19H,9-14H2,(H2,22,23,24);1H. The number of benzene rings is 2. The molecule has 2 unspecified atom stereocenters. The maximum atomic E-state index is 11.9. The summed E-state index contributed by atoms with van der Waals surface area (Å²) in [5.41, 5.74) is 1.87. The van der Waals surface area contributed by atoms with Gasteiger partial charge in [-0.15, -0.1) is 24.0 Å². The number of ether oxygens (including phenoxy) is 1. The van der Waals surface area contributed by atoms with E-state index in [0.29, 0.717) is 25.5 Å². The zero-order valence-corrected chi connectivity index (χ0v) is 20.4. The first-order valence-electron chi connectivity index (χ1n) is 10.1. The first kappa shape index (κ1) is 24.2. The van der Waals surface area contributed by atoms with Crippen LogP contribution in [0.5, 0.6) is 5.75 Å². The number of halogens is 1. The molecule has 0 amide bonds. The van der Waals surface area contributed by atoms with Gasteiger partial charge < -0.3 is 15.4 Å². The molecule has 32 heavy (non-hydrogen) atoms. The van der Waals surface area contributed by atoms with E-state index in [0.717, 1.165) is 23.3 Å². The van der Waals surface area contributed by atoms with Crippen LogP contribution in [0.1, 0.15) is 30.0 Å². The molecule has 9 nitrogen and oxygen atoms in total. The number of nitro groups is 1. The number of hydrogen-bond donors (Lipinski definition) is 2. The van der Waals surface area contributed by atoms with Gasteiger partial charge in [-0.3, -0.25) is 10.1 Å². The second-order valence-electron chi connectivity index (χ2n) is 7.70. The zero-order chi connectivity index (χ0) is 21.8. The van der Waals surface area contributed by atoms with E-state index in [4.69, 9.17) is 4.74 Å². The highest BCUT2D eigenvalue weighted by molar-refractivity contribution is 14.0. The van der Waals surface area contributed by atoms with Gasteiger partial charge in [-0.05, 0) is 18.1 Å². The number of guanidine groups is 1. The molecule has 11 heteroatoms. The highest BCUT2D eigenvalue weighted by Crippen LogP contribution is 2.31. The molecule has 1 fully saturated rings. The average molecular weight is 572 g/mol. The average Bonchev–Trinajstić information content (AvgIpc) is 3.10. The van der Waals surface area contributed by atoms with Crippen LogP contribution in [0.3, 0.4) is 0 Å². The molecule has 172 valence electrons. The van der Waals surface area contributed by atoms with Gasteiger partial charge >= 0.3 is 0 Å². The quantitative estimate of drug-likeness (QED) is 0.186. The minimum atomic E-state index is -3.03. The summed E-state index contributed by atoms with van der Waals surface area (Å²) in [6, 6.07) is 13.8. The molecule has 0 radical (unpaired) electrons. The summed E-state index contributed by atoms with van der Waals surface area (Å²) in [7, 11) is -3.03. The number of fused-ring (bicyclic) bond motifs is 1. The van der Waals surface area contributed by atoms with E-state index < -0.39 is 14.8 Å². The van der Waals surface area contributed by atoms with Crippen LogP contribution in [-0.4, -0.2) is 43.5 Å². The molecule has 2 aliphatic heterocycles. The summed E-state index contributed by atoms with van der Waals surface area (Å²) in [4.78, 5) is 15.0. The van der Waals surface area contributed by atoms with Crippen molar-refractivity contribution < 1.29 is 18.1 Å². The second kappa shape index (κ2) is 10.5. The summed E-state index contributed by atoms with van der Waals surface area (Å²) < 4.78 is 29.5. The lowest BCUT2D eigenvalue weighted by atomic mass is 10.0. The molecule has 2 aliphatic rings. The van der Waals surface area contributed by atoms with Crippen molar-refractivity contribution in [2.24, 2.45) is 4.99 Å². The lowest BCUT2D eigenvalue weighted by Gasteiger charge is -2.29. The van der Waals surface area contributed by atoms with Gasteiger partial charge in [0.2, 0.25) is 0 Å². The van der Waals surface area contributed by atoms with Crippen molar-refractivity contribution in [1.29, 1.82) is 0 Å². The Labute approximate surface area is 203 Å². The van der Waals surface area contributed by atoms with Gasteiger partial charge in [-0.1, -0.05) is 30.3 Å². The number of nitro benzene ring substituents is 1. The molecule has 2 aromatic rings. The van der Waals surface area contributed by atoms with Gasteiger partial charge in [0.1, 0.15) is 5.75 Å². The maximum absolute atomic E-state index is 11.9. The van der Waals surface area contributed by atoms with Crippen molar-refractivity contribution in [1.82, 2.24) is 10.6 Å². The molecule has 0 spiro atoms. The zero-order valence-electron chi connectivity index (χ0n) is 17.3. The number of aliphatic imine (C=N–C) groups is 1. The van der Waals surface area contributed by atoms with E-state index in [1.807, 2.05) is 24.3 Å². The predicted molar refractivity (Wildman–Crippen MR) is 132 cm³/mol. The van der Waals surface area contributed by atoms with Gasteiger partial charge in [-0.25, -0.2) is 13.4 Å². The van der Waals surface area contributed by atoms with Crippen LogP contribution in [0.4, 0.5) is 5.69 Å². The Bertz CT molecular complexity index is 1090. The summed E-state index contributed by atoms with van der Waals surface area (Å²) in [6.45, 7) is 0.875. The van der Waals surface area contributed by atoms with E-state index in [9.17, 15) is 18.5 Å². The largest absolute Gasteiger partial charge is 0.493 e. The molecular weight excluding hydrogens is 547 g/mol. The Hall–Kier alpha value is -2.41. The summed E-state index contributed by atoms with van der Waals surface area (Å²) >= 11 is 0. The monoisotopic (exact) mass is 572 g/mol. The van der Waals surface area contributed by atoms with Gasteiger partial charge in [0, 0.05) is 30.2 Å². The van der Waals surface area contributed by atoms with Gasteiger partial charge in [-0.2, -0.15) is 0 Å². The lowest BCUT2D eigenvalue weighted by molar-refractivity contribution is -0.384. The Morgan fingerprint density at radius 1 is 1.12 bits per heavy atom. The van der Waals surface area contributed by atoms with E-state index in [2.05, 4.69) is 15.6 Å². The Morgan fingerprint density at radius 3 is 2.56 bits per heavy atom. The Morgan fingerprint density at radius 2 is 1.88 bits per heavy atom. The highest BCUT2D eigenvalue weighted by Gasteiger charge is 2.29. The van der Waals surface area contributed by atoms with E-state index in [1.165, 1.54) is 12.1 Å². The summed E-state index contributed by atoms with van der Waals surface area (Å²) in [5, 5.41) is 17.5. The third kappa shape index (κ3) is 6.09. The molecule has 0 saturated carbocycles. The van der Waals surface area contributed by atoms with Crippen LogP contribution in [-0.2, 0) is 16.4 Å².